The fraction of sp³-hybridized carbons (Fsp3) is 0.0833. The van der Waals surface area contributed by atoms with Gasteiger partial charge in [0.25, 0.3) is 0 Å². The molecular weight excluding hydrogens is 321 g/mol. The van der Waals surface area contributed by atoms with E-state index < -0.39 is 10.0 Å². The Morgan fingerprint density at radius 3 is 2.25 bits per heavy atom. The van der Waals surface area contributed by atoms with E-state index in [0.29, 0.717) is 27.2 Å². The molecule has 0 bridgehead atoms. The first kappa shape index (κ1) is 14.9. The molecule has 0 atom stereocenters. The van der Waals surface area contributed by atoms with Crippen molar-refractivity contribution in [2.45, 2.75) is 0 Å². The van der Waals surface area contributed by atoms with E-state index in [-0.39, 0.29) is 0 Å². The average molecular weight is 332 g/mol. The van der Waals surface area contributed by atoms with Gasteiger partial charge in [0.05, 0.1) is 33.9 Å². The summed E-state index contributed by atoms with van der Waals surface area (Å²) in [5.41, 5.74) is 0.926. The van der Waals surface area contributed by atoms with Crippen molar-refractivity contribution in [3.05, 3.63) is 46.6 Å². The Labute approximate surface area is 127 Å². The highest BCUT2D eigenvalue weighted by atomic mass is 35.5. The molecule has 1 heterocycles. The average Bonchev–Trinajstić information content (AvgIpc) is 2.34. The SMILES string of the molecule is CS(=O)(=O)Nc1ccc(Nc2c(Cl)cccc2Cl)nc1. The van der Waals surface area contributed by atoms with E-state index in [1.54, 1.807) is 30.3 Å². The van der Waals surface area contributed by atoms with Crippen LogP contribution in [0.2, 0.25) is 10.0 Å². The Kier molecular flexibility index (Phi) is 4.37. The molecule has 0 aliphatic rings. The minimum absolute atomic E-state index is 0.378. The maximum atomic E-state index is 11.1. The van der Waals surface area contributed by atoms with Gasteiger partial charge in [-0.05, 0) is 24.3 Å². The molecule has 5 nitrogen and oxygen atoms in total. The number of anilines is 3. The van der Waals surface area contributed by atoms with E-state index in [2.05, 4.69) is 15.0 Å². The quantitative estimate of drug-likeness (QED) is 0.899. The van der Waals surface area contributed by atoms with Crippen LogP contribution >= 0.6 is 23.2 Å². The zero-order valence-corrected chi connectivity index (χ0v) is 12.7. The van der Waals surface area contributed by atoms with Gasteiger partial charge in [-0.1, -0.05) is 29.3 Å². The molecule has 2 rings (SSSR count). The first-order chi connectivity index (χ1) is 9.35. The van der Waals surface area contributed by atoms with Crippen molar-refractivity contribution in [1.82, 2.24) is 4.98 Å². The summed E-state index contributed by atoms with van der Waals surface area (Å²) in [6.07, 6.45) is 2.47. The summed E-state index contributed by atoms with van der Waals surface area (Å²) in [6.45, 7) is 0. The summed E-state index contributed by atoms with van der Waals surface area (Å²) < 4.78 is 24.5. The molecule has 0 aliphatic carbocycles. The van der Waals surface area contributed by atoms with Crippen molar-refractivity contribution >= 4 is 50.4 Å². The first-order valence-corrected chi connectivity index (χ1v) is 8.15. The molecular formula is C12H11Cl2N3O2S. The second kappa shape index (κ2) is 5.87. The van der Waals surface area contributed by atoms with Crippen LogP contribution in [-0.4, -0.2) is 19.7 Å². The Hall–Kier alpha value is -1.50. The number of hydrogen-bond donors (Lipinski definition) is 2. The molecule has 20 heavy (non-hydrogen) atoms. The lowest BCUT2D eigenvalue weighted by Crippen LogP contribution is -2.09. The standard InChI is InChI=1S/C12H11Cl2N3O2S/c1-20(18,19)17-8-5-6-11(15-7-8)16-12-9(13)3-2-4-10(12)14/h2-7,17H,1H3,(H,15,16). The molecule has 0 saturated heterocycles. The van der Waals surface area contributed by atoms with Gasteiger partial charge in [-0.15, -0.1) is 0 Å². The topological polar surface area (TPSA) is 71.1 Å². The zero-order chi connectivity index (χ0) is 14.8. The van der Waals surface area contributed by atoms with Gasteiger partial charge >= 0.3 is 0 Å². The van der Waals surface area contributed by atoms with Gasteiger partial charge in [0.15, 0.2) is 0 Å². The number of sulfonamides is 1. The Bertz CT molecular complexity index is 698. The monoisotopic (exact) mass is 331 g/mol. The van der Waals surface area contributed by atoms with Gasteiger partial charge in [-0.25, -0.2) is 13.4 Å². The van der Waals surface area contributed by atoms with Crippen LogP contribution in [-0.2, 0) is 10.0 Å². The number of nitrogens with one attached hydrogen (secondary N) is 2. The van der Waals surface area contributed by atoms with Gasteiger partial charge in [0, 0.05) is 0 Å². The number of hydrogen-bond acceptors (Lipinski definition) is 4. The van der Waals surface area contributed by atoms with Crippen LogP contribution in [0.1, 0.15) is 0 Å². The van der Waals surface area contributed by atoms with Crippen LogP contribution in [0.15, 0.2) is 36.5 Å². The number of benzene rings is 1. The summed E-state index contributed by atoms with van der Waals surface area (Å²) in [7, 11) is -3.31. The molecule has 0 unspecified atom stereocenters. The van der Waals surface area contributed by atoms with Gasteiger partial charge in [0.2, 0.25) is 10.0 Å². The van der Waals surface area contributed by atoms with Crippen molar-refractivity contribution in [2.75, 3.05) is 16.3 Å². The van der Waals surface area contributed by atoms with Gasteiger partial charge in [-0.2, -0.15) is 0 Å². The molecule has 106 valence electrons. The molecule has 0 radical (unpaired) electrons. The number of aromatic nitrogens is 1. The molecule has 0 spiro atoms. The molecule has 2 aromatic rings. The number of rotatable bonds is 4. The molecule has 0 saturated carbocycles. The first-order valence-electron chi connectivity index (χ1n) is 5.50. The molecule has 0 fully saturated rings. The second-order valence-electron chi connectivity index (χ2n) is 4.03. The van der Waals surface area contributed by atoms with Crippen molar-refractivity contribution in [1.29, 1.82) is 0 Å². The third-order valence-corrected chi connectivity index (χ3v) is 3.52. The van der Waals surface area contributed by atoms with E-state index >= 15 is 0 Å². The molecule has 1 aromatic carbocycles. The highest BCUT2D eigenvalue weighted by Gasteiger charge is 2.07. The fourth-order valence-electron chi connectivity index (χ4n) is 1.49. The third-order valence-electron chi connectivity index (χ3n) is 2.28. The van der Waals surface area contributed by atoms with Gasteiger partial charge in [-0.3, -0.25) is 4.72 Å². The Morgan fingerprint density at radius 2 is 1.75 bits per heavy atom. The van der Waals surface area contributed by atoms with Crippen molar-refractivity contribution in [2.24, 2.45) is 0 Å². The van der Waals surface area contributed by atoms with E-state index in [4.69, 9.17) is 23.2 Å². The lowest BCUT2D eigenvalue weighted by Gasteiger charge is -2.10. The number of nitrogens with zero attached hydrogens (tertiary/aromatic N) is 1. The summed E-state index contributed by atoms with van der Waals surface area (Å²) in [5, 5.41) is 3.92. The van der Waals surface area contributed by atoms with Crippen LogP contribution in [0.4, 0.5) is 17.2 Å². The number of para-hydroxylation sites is 1. The lowest BCUT2D eigenvalue weighted by molar-refractivity contribution is 0.607. The molecule has 1 aromatic heterocycles. The second-order valence-corrected chi connectivity index (χ2v) is 6.59. The van der Waals surface area contributed by atoms with Crippen molar-refractivity contribution < 1.29 is 8.42 Å². The summed E-state index contributed by atoms with van der Waals surface area (Å²) in [5.74, 6) is 0.499. The van der Waals surface area contributed by atoms with E-state index in [1.807, 2.05) is 0 Å². The predicted octanol–water partition coefficient (Wildman–Crippen LogP) is 3.50. The van der Waals surface area contributed by atoms with Gasteiger partial charge in [0.1, 0.15) is 5.82 Å². The van der Waals surface area contributed by atoms with Gasteiger partial charge < -0.3 is 5.32 Å². The largest absolute Gasteiger partial charge is 0.338 e. The minimum atomic E-state index is -3.31. The zero-order valence-electron chi connectivity index (χ0n) is 10.4. The predicted molar refractivity (Wildman–Crippen MR) is 82.4 cm³/mol. The number of pyridine rings is 1. The van der Waals surface area contributed by atoms with Crippen molar-refractivity contribution in [3.8, 4) is 0 Å². The Balaban J connectivity index is 2.19. The smallest absolute Gasteiger partial charge is 0.229 e. The van der Waals surface area contributed by atoms with E-state index in [1.165, 1.54) is 6.20 Å². The summed E-state index contributed by atoms with van der Waals surface area (Å²) >= 11 is 12.1. The van der Waals surface area contributed by atoms with Crippen LogP contribution in [0.5, 0.6) is 0 Å². The normalized spacial score (nSPS) is 11.2. The summed E-state index contributed by atoms with van der Waals surface area (Å²) in [4.78, 5) is 4.09. The maximum absolute atomic E-state index is 11.1. The highest BCUT2D eigenvalue weighted by molar-refractivity contribution is 7.92. The fourth-order valence-corrected chi connectivity index (χ4v) is 2.53. The summed E-state index contributed by atoms with van der Waals surface area (Å²) in [6, 6.07) is 8.35. The van der Waals surface area contributed by atoms with Crippen molar-refractivity contribution in [3.63, 3.8) is 0 Å². The van der Waals surface area contributed by atoms with Crippen LogP contribution < -0.4 is 10.0 Å². The minimum Gasteiger partial charge on any atom is -0.338 e. The van der Waals surface area contributed by atoms with E-state index in [9.17, 15) is 8.42 Å². The van der Waals surface area contributed by atoms with E-state index in [0.717, 1.165) is 6.26 Å². The lowest BCUT2D eigenvalue weighted by atomic mass is 10.3. The molecule has 8 heteroatoms. The van der Waals surface area contributed by atoms with Crippen LogP contribution in [0.25, 0.3) is 0 Å². The maximum Gasteiger partial charge on any atom is 0.229 e. The van der Waals surface area contributed by atoms with Crippen LogP contribution in [0.3, 0.4) is 0 Å². The third kappa shape index (κ3) is 4.00. The molecule has 0 aliphatic heterocycles. The molecule has 0 amide bonds. The van der Waals surface area contributed by atoms with Crippen LogP contribution in [0, 0.1) is 0 Å². The molecule has 2 N–H and O–H groups in total. The number of halogens is 2. The highest BCUT2D eigenvalue weighted by Crippen LogP contribution is 2.32. The Morgan fingerprint density at radius 1 is 1.10 bits per heavy atom.